The Hall–Kier alpha value is -2.56. The molecule has 5 heteroatoms. The second kappa shape index (κ2) is 4.52. The van der Waals surface area contributed by atoms with Crippen LogP contribution >= 0.6 is 0 Å². The molecule has 0 spiro atoms. The second-order valence-electron chi connectivity index (χ2n) is 4.57. The van der Waals surface area contributed by atoms with Crippen molar-refractivity contribution in [1.29, 1.82) is 0 Å². The van der Waals surface area contributed by atoms with Gasteiger partial charge in [-0.3, -0.25) is 0 Å². The Balaban J connectivity index is 2.36. The molecule has 0 unspecified atom stereocenters. The number of carbonyl (C=O) groups is 1. The van der Waals surface area contributed by atoms with Gasteiger partial charge in [-0.25, -0.2) is 9.78 Å². The maximum atomic E-state index is 11.9. The number of rotatable bonds is 2. The molecular weight excluding hydrogens is 256 g/mol. The Morgan fingerprint density at radius 3 is 2.90 bits per heavy atom. The molecule has 0 radical (unpaired) electrons. The van der Waals surface area contributed by atoms with E-state index in [-0.39, 0.29) is 11.4 Å². The minimum atomic E-state index is -0.448. The number of carbonyl (C=O) groups excluding carboxylic acids is 1. The quantitative estimate of drug-likeness (QED) is 0.702. The Kier molecular flexibility index (Phi) is 2.82. The summed E-state index contributed by atoms with van der Waals surface area (Å²) in [6.07, 6.45) is 1.59. The van der Waals surface area contributed by atoms with Crippen LogP contribution < -0.4 is 0 Å². The van der Waals surface area contributed by atoms with Crippen LogP contribution in [0.5, 0.6) is 5.75 Å². The smallest absolute Gasteiger partial charge is 0.357 e. The molecule has 0 aliphatic rings. The second-order valence-corrected chi connectivity index (χ2v) is 4.57. The predicted octanol–water partition coefficient (Wildman–Crippen LogP) is 2.91. The summed E-state index contributed by atoms with van der Waals surface area (Å²) in [6.45, 7) is 3.86. The minimum absolute atomic E-state index is 0.179. The molecule has 0 fully saturated rings. The Bertz CT molecular complexity index is 821. The molecule has 5 nitrogen and oxygen atoms in total. The van der Waals surface area contributed by atoms with E-state index in [0.717, 1.165) is 16.4 Å². The third-order valence-electron chi connectivity index (χ3n) is 3.35. The lowest BCUT2D eigenvalue weighted by molar-refractivity contribution is 0.0519. The fraction of sp³-hybridized carbons (Fsp3) is 0.200. The van der Waals surface area contributed by atoms with Gasteiger partial charge in [0.25, 0.3) is 0 Å². The van der Waals surface area contributed by atoms with Crippen molar-refractivity contribution in [3.05, 3.63) is 35.7 Å². The molecule has 0 amide bonds. The average Bonchev–Trinajstić information content (AvgIpc) is 2.80. The molecule has 0 aliphatic heterocycles. The molecule has 3 aromatic rings. The normalized spacial score (nSPS) is 11.1. The number of nitrogens with zero attached hydrogens (tertiary/aromatic N) is 1. The van der Waals surface area contributed by atoms with E-state index >= 15 is 0 Å². The van der Waals surface area contributed by atoms with Crippen LogP contribution in [0.4, 0.5) is 0 Å². The summed E-state index contributed by atoms with van der Waals surface area (Å²) in [7, 11) is 0. The highest BCUT2D eigenvalue weighted by Gasteiger charge is 2.18. The lowest BCUT2D eigenvalue weighted by Crippen LogP contribution is -2.09. The molecule has 20 heavy (non-hydrogen) atoms. The molecule has 2 N–H and O–H groups in total. The van der Waals surface area contributed by atoms with Gasteiger partial charge in [0.05, 0.1) is 23.8 Å². The summed E-state index contributed by atoms with van der Waals surface area (Å²) < 4.78 is 5.00. The van der Waals surface area contributed by atoms with Gasteiger partial charge in [0.15, 0.2) is 5.69 Å². The molecule has 1 aromatic carbocycles. The van der Waals surface area contributed by atoms with Gasteiger partial charge in [0.2, 0.25) is 0 Å². The molecule has 0 saturated carbocycles. The highest BCUT2D eigenvalue weighted by molar-refractivity contribution is 6.13. The molecule has 102 valence electrons. The van der Waals surface area contributed by atoms with Gasteiger partial charge in [0, 0.05) is 10.8 Å². The zero-order chi connectivity index (χ0) is 14.3. The highest BCUT2D eigenvalue weighted by Crippen LogP contribution is 2.34. The van der Waals surface area contributed by atoms with E-state index in [1.165, 1.54) is 0 Å². The third-order valence-corrected chi connectivity index (χ3v) is 3.35. The maximum absolute atomic E-state index is 11.9. The summed E-state index contributed by atoms with van der Waals surface area (Å²) in [5.74, 6) is -0.269. The van der Waals surface area contributed by atoms with Crippen LogP contribution in [-0.2, 0) is 4.74 Å². The van der Waals surface area contributed by atoms with Crippen LogP contribution in [0.1, 0.15) is 23.0 Å². The lowest BCUT2D eigenvalue weighted by atomic mass is 10.1. The Labute approximate surface area is 115 Å². The number of phenolic OH excluding ortho intramolecular Hbond substituents is 1. The van der Waals surface area contributed by atoms with E-state index in [1.54, 1.807) is 32.2 Å². The number of benzene rings is 1. The van der Waals surface area contributed by atoms with Crippen molar-refractivity contribution in [3.63, 3.8) is 0 Å². The van der Waals surface area contributed by atoms with E-state index in [9.17, 15) is 9.90 Å². The van der Waals surface area contributed by atoms with Crippen LogP contribution in [0.15, 0.2) is 24.4 Å². The van der Waals surface area contributed by atoms with Crippen molar-refractivity contribution in [2.24, 2.45) is 0 Å². The molecule has 0 saturated heterocycles. The summed E-state index contributed by atoms with van der Waals surface area (Å²) >= 11 is 0. The Morgan fingerprint density at radius 1 is 1.35 bits per heavy atom. The highest BCUT2D eigenvalue weighted by atomic mass is 16.5. The number of aromatic hydroxyl groups is 1. The average molecular weight is 270 g/mol. The fourth-order valence-electron chi connectivity index (χ4n) is 2.49. The number of H-pyrrole nitrogens is 1. The van der Waals surface area contributed by atoms with Gasteiger partial charge in [0.1, 0.15) is 5.75 Å². The van der Waals surface area contributed by atoms with Crippen LogP contribution in [0.3, 0.4) is 0 Å². The monoisotopic (exact) mass is 270 g/mol. The Morgan fingerprint density at radius 2 is 2.15 bits per heavy atom. The van der Waals surface area contributed by atoms with Crippen LogP contribution in [0.2, 0.25) is 0 Å². The van der Waals surface area contributed by atoms with E-state index in [1.807, 2.05) is 6.07 Å². The first-order valence-electron chi connectivity index (χ1n) is 6.39. The number of aryl methyl sites for hydroxylation is 1. The standard InChI is InChI=1S/C15H14N2O3/c1-3-20-15(19)14-8(2)12-10(7-16-14)17-9-5-4-6-11(18)13(9)12/h4-7,17-18H,3H2,1-2H3. The van der Waals surface area contributed by atoms with Crippen LogP contribution in [0.25, 0.3) is 21.8 Å². The van der Waals surface area contributed by atoms with Crippen molar-refractivity contribution in [2.45, 2.75) is 13.8 Å². The topological polar surface area (TPSA) is 75.2 Å². The molecule has 2 aromatic heterocycles. The maximum Gasteiger partial charge on any atom is 0.357 e. The van der Waals surface area contributed by atoms with Crippen molar-refractivity contribution in [1.82, 2.24) is 9.97 Å². The first kappa shape index (κ1) is 12.5. The van der Waals surface area contributed by atoms with E-state index in [4.69, 9.17) is 4.74 Å². The van der Waals surface area contributed by atoms with E-state index in [0.29, 0.717) is 17.6 Å². The van der Waals surface area contributed by atoms with Crippen LogP contribution in [0, 0.1) is 6.92 Å². The molecular formula is C15H14N2O3. The molecule has 0 aliphatic carbocycles. The number of pyridine rings is 1. The summed E-state index contributed by atoms with van der Waals surface area (Å²) in [5, 5.41) is 11.6. The van der Waals surface area contributed by atoms with Gasteiger partial charge < -0.3 is 14.8 Å². The summed E-state index contributed by atoms with van der Waals surface area (Å²) in [4.78, 5) is 19.2. The van der Waals surface area contributed by atoms with Gasteiger partial charge in [-0.2, -0.15) is 0 Å². The van der Waals surface area contributed by atoms with Gasteiger partial charge in [-0.15, -0.1) is 0 Å². The first-order valence-corrected chi connectivity index (χ1v) is 6.39. The first-order chi connectivity index (χ1) is 9.63. The van der Waals surface area contributed by atoms with Gasteiger partial charge >= 0.3 is 5.97 Å². The number of hydrogen-bond donors (Lipinski definition) is 2. The van der Waals surface area contributed by atoms with Crippen LogP contribution in [-0.4, -0.2) is 27.7 Å². The number of ether oxygens (including phenoxy) is 1. The van der Waals surface area contributed by atoms with Crippen molar-refractivity contribution >= 4 is 27.8 Å². The number of fused-ring (bicyclic) bond motifs is 3. The molecule has 0 bridgehead atoms. The lowest BCUT2D eigenvalue weighted by Gasteiger charge is -2.06. The zero-order valence-corrected chi connectivity index (χ0v) is 11.2. The SMILES string of the molecule is CCOC(=O)c1ncc2[nH]c3cccc(O)c3c2c1C. The molecule has 2 heterocycles. The molecule has 0 atom stereocenters. The largest absolute Gasteiger partial charge is 0.507 e. The number of aromatic nitrogens is 2. The van der Waals surface area contributed by atoms with Gasteiger partial charge in [-0.05, 0) is 31.5 Å². The number of phenols is 1. The van der Waals surface area contributed by atoms with Crippen molar-refractivity contribution < 1.29 is 14.6 Å². The van der Waals surface area contributed by atoms with E-state index < -0.39 is 5.97 Å². The number of nitrogens with one attached hydrogen (secondary N) is 1. The number of hydrogen-bond acceptors (Lipinski definition) is 4. The fourth-order valence-corrected chi connectivity index (χ4v) is 2.49. The third kappa shape index (κ3) is 1.71. The summed E-state index contributed by atoms with van der Waals surface area (Å²) in [5.41, 5.74) is 2.58. The summed E-state index contributed by atoms with van der Waals surface area (Å²) in [6, 6.07) is 5.26. The van der Waals surface area contributed by atoms with Crippen molar-refractivity contribution in [2.75, 3.05) is 6.61 Å². The van der Waals surface area contributed by atoms with Crippen molar-refractivity contribution in [3.8, 4) is 5.75 Å². The number of esters is 1. The molecule has 3 rings (SSSR count). The minimum Gasteiger partial charge on any atom is -0.507 e. The zero-order valence-electron chi connectivity index (χ0n) is 11.2. The number of aromatic amines is 1. The predicted molar refractivity (Wildman–Crippen MR) is 76.0 cm³/mol. The van der Waals surface area contributed by atoms with Gasteiger partial charge in [-0.1, -0.05) is 6.07 Å². The van der Waals surface area contributed by atoms with E-state index in [2.05, 4.69) is 9.97 Å².